The van der Waals surface area contributed by atoms with Crippen molar-refractivity contribution >= 4 is 20.7 Å². The van der Waals surface area contributed by atoms with Gasteiger partial charge in [0.2, 0.25) is 15.3 Å². The van der Waals surface area contributed by atoms with Gasteiger partial charge in [0.25, 0.3) is 0 Å². The molecule has 0 fully saturated rings. The van der Waals surface area contributed by atoms with Crippen molar-refractivity contribution < 1.29 is 17.5 Å². The van der Waals surface area contributed by atoms with Crippen LogP contribution >= 0.6 is 0 Å². The molecular weight excluding hydrogens is 405 g/mol. The van der Waals surface area contributed by atoms with E-state index in [2.05, 4.69) is 0 Å². The molecule has 4 aromatic rings. The fraction of sp³-hybridized carbons (Fsp3) is 0.0870. The van der Waals surface area contributed by atoms with Gasteiger partial charge in [-0.3, -0.25) is 4.79 Å². The number of pyridine rings is 1. The molecule has 0 N–H and O–H groups in total. The quantitative estimate of drug-likeness (QED) is 0.486. The van der Waals surface area contributed by atoms with E-state index in [-0.39, 0.29) is 21.7 Å². The van der Waals surface area contributed by atoms with Crippen molar-refractivity contribution in [3.63, 3.8) is 0 Å². The Morgan fingerprint density at radius 3 is 2.37 bits per heavy atom. The van der Waals surface area contributed by atoms with E-state index < -0.39 is 21.1 Å². The second-order valence-corrected chi connectivity index (χ2v) is 8.66. The molecule has 0 radical (unpaired) electrons. The predicted octanol–water partition coefficient (Wildman–Crippen LogP) is 4.03. The Morgan fingerprint density at radius 1 is 0.967 bits per heavy atom. The molecule has 0 spiro atoms. The van der Waals surface area contributed by atoms with E-state index >= 15 is 0 Å². The largest absolute Gasteiger partial charge is 0.497 e. The van der Waals surface area contributed by atoms with Crippen molar-refractivity contribution in [3.8, 4) is 5.75 Å². The highest BCUT2D eigenvalue weighted by Gasteiger charge is 2.24. The lowest BCUT2D eigenvalue weighted by Crippen LogP contribution is -2.20. The summed E-state index contributed by atoms with van der Waals surface area (Å²) in [6, 6.07) is 18.8. The van der Waals surface area contributed by atoms with Gasteiger partial charge >= 0.3 is 0 Å². The van der Waals surface area contributed by atoms with Crippen LogP contribution in [0.25, 0.3) is 10.9 Å². The first kappa shape index (κ1) is 19.8. The van der Waals surface area contributed by atoms with E-state index in [1.807, 2.05) is 0 Å². The maximum Gasteiger partial charge on any atom is 0.211 e. The van der Waals surface area contributed by atoms with Crippen molar-refractivity contribution in [1.29, 1.82) is 0 Å². The van der Waals surface area contributed by atoms with Crippen molar-refractivity contribution in [2.75, 3.05) is 7.11 Å². The number of fused-ring (bicyclic) bond motifs is 1. The van der Waals surface area contributed by atoms with Crippen LogP contribution < -0.4 is 10.2 Å². The van der Waals surface area contributed by atoms with Gasteiger partial charge in [0, 0.05) is 11.8 Å². The van der Waals surface area contributed by atoms with Crippen LogP contribution in [0.1, 0.15) is 5.56 Å². The SMILES string of the molecule is COc1ccc2c(c1)c(=O)c(S(=O)(=O)c1ccccc1)cn2Cc1ccccc1F. The van der Waals surface area contributed by atoms with Crippen LogP contribution in [0.4, 0.5) is 4.39 Å². The van der Waals surface area contributed by atoms with Crippen molar-refractivity contribution in [1.82, 2.24) is 4.57 Å². The maximum absolute atomic E-state index is 14.3. The number of methoxy groups -OCH3 is 1. The molecule has 152 valence electrons. The minimum Gasteiger partial charge on any atom is -0.497 e. The number of nitrogens with zero attached hydrogens (tertiary/aromatic N) is 1. The zero-order valence-corrected chi connectivity index (χ0v) is 16.9. The average Bonchev–Trinajstić information content (AvgIpc) is 2.77. The second-order valence-electron chi connectivity index (χ2n) is 6.74. The van der Waals surface area contributed by atoms with Crippen molar-refractivity contribution in [2.24, 2.45) is 0 Å². The highest BCUT2D eigenvalue weighted by atomic mass is 32.2. The molecule has 0 saturated heterocycles. The number of ether oxygens (including phenoxy) is 1. The number of aromatic nitrogens is 1. The van der Waals surface area contributed by atoms with Crippen molar-refractivity contribution in [3.05, 3.63) is 101 Å². The summed E-state index contributed by atoms with van der Waals surface area (Å²) in [5.74, 6) is 0.0108. The molecule has 4 rings (SSSR count). The average molecular weight is 423 g/mol. The molecule has 3 aromatic carbocycles. The lowest BCUT2D eigenvalue weighted by molar-refractivity contribution is 0.415. The highest BCUT2D eigenvalue weighted by Crippen LogP contribution is 2.24. The Labute approximate surface area is 172 Å². The normalized spacial score (nSPS) is 11.5. The zero-order valence-electron chi connectivity index (χ0n) is 16.1. The number of hydrogen-bond acceptors (Lipinski definition) is 4. The van der Waals surface area contributed by atoms with E-state index in [1.54, 1.807) is 53.1 Å². The van der Waals surface area contributed by atoms with Crippen LogP contribution in [0.5, 0.6) is 5.75 Å². The lowest BCUT2D eigenvalue weighted by atomic mass is 10.1. The standard InChI is InChI=1S/C23H18FNO4S/c1-29-17-11-12-21-19(13-17)23(26)22(30(27,28)18-8-3-2-4-9-18)15-25(21)14-16-7-5-6-10-20(16)24/h2-13,15H,14H2,1H3. The molecule has 0 aliphatic heterocycles. The summed E-state index contributed by atoms with van der Waals surface area (Å²) in [5, 5.41) is 0.183. The number of benzene rings is 3. The van der Waals surface area contributed by atoms with Gasteiger partial charge in [-0.2, -0.15) is 0 Å². The molecule has 5 nitrogen and oxygen atoms in total. The molecule has 0 amide bonds. The molecule has 7 heteroatoms. The summed E-state index contributed by atoms with van der Waals surface area (Å²) in [4.78, 5) is 12.8. The number of rotatable bonds is 5. The third kappa shape index (κ3) is 3.48. The smallest absolute Gasteiger partial charge is 0.211 e. The topological polar surface area (TPSA) is 65.4 Å². The van der Waals surface area contributed by atoms with Crippen LogP contribution in [-0.2, 0) is 16.4 Å². The van der Waals surface area contributed by atoms with E-state index in [4.69, 9.17) is 4.74 Å². The predicted molar refractivity (Wildman–Crippen MR) is 112 cm³/mol. The maximum atomic E-state index is 14.3. The van der Waals surface area contributed by atoms with E-state index in [1.165, 1.54) is 37.6 Å². The van der Waals surface area contributed by atoms with Gasteiger partial charge in [-0.05, 0) is 36.4 Å². The van der Waals surface area contributed by atoms with Crippen LogP contribution in [-0.4, -0.2) is 20.1 Å². The third-order valence-electron chi connectivity index (χ3n) is 4.90. The fourth-order valence-corrected chi connectivity index (χ4v) is 4.73. The summed E-state index contributed by atoms with van der Waals surface area (Å²) in [6.07, 6.45) is 1.28. The van der Waals surface area contributed by atoms with E-state index in [9.17, 15) is 17.6 Å². The van der Waals surface area contributed by atoms with Gasteiger partial charge in [-0.1, -0.05) is 36.4 Å². The molecule has 0 aliphatic carbocycles. The Bertz CT molecular complexity index is 1400. The van der Waals surface area contributed by atoms with Crippen LogP contribution in [0.3, 0.4) is 0 Å². The first-order chi connectivity index (χ1) is 14.4. The zero-order chi connectivity index (χ0) is 21.3. The lowest BCUT2D eigenvalue weighted by Gasteiger charge is -2.15. The van der Waals surface area contributed by atoms with Crippen LogP contribution in [0, 0.1) is 5.82 Å². The second kappa shape index (κ2) is 7.76. The van der Waals surface area contributed by atoms with Gasteiger partial charge in [0.15, 0.2) is 0 Å². The number of sulfone groups is 1. The van der Waals surface area contributed by atoms with Crippen LogP contribution in [0.2, 0.25) is 0 Å². The first-order valence-corrected chi connectivity index (χ1v) is 10.6. The summed E-state index contributed by atoms with van der Waals surface area (Å²) in [7, 11) is -2.61. The molecule has 0 atom stereocenters. The minimum absolute atomic E-state index is 0.0155. The molecular formula is C23H18FNO4S. The van der Waals surface area contributed by atoms with Crippen LogP contribution in [0.15, 0.2) is 93.6 Å². The number of hydrogen-bond donors (Lipinski definition) is 0. The molecule has 0 aliphatic rings. The van der Waals surface area contributed by atoms with Gasteiger partial charge in [0.05, 0.1) is 29.5 Å². The molecule has 1 aromatic heterocycles. The Kier molecular flexibility index (Phi) is 5.13. The molecule has 0 unspecified atom stereocenters. The Morgan fingerprint density at radius 2 is 1.67 bits per heavy atom. The molecule has 0 saturated carbocycles. The fourth-order valence-electron chi connectivity index (χ4n) is 3.34. The van der Waals surface area contributed by atoms with E-state index in [0.717, 1.165) is 0 Å². The van der Waals surface area contributed by atoms with Gasteiger partial charge in [-0.15, -0.1) is 0 Å². The van der Waals surface area contributed by atoms with Gasteiger partial charge in [-0.25, -0.2) is 12.8 Å². The highest BCUT2D eigenvalue weighted by molar-refractivity contribution is 7.91. The monoisotopic (exact) mass is 423 g/mol. The Balaban J connectivity index is 2.01. The van der Waals surface area contributed by atoms with Gasteiger partial charge < -0.3 is 9.30 Å². The van der Waals surface area contributed by atoms with Crippen molar-refractivity contribution in [2.45, 2.75) is 16.3 Å². The van der Waals surface area contributed by atoms with E-state index in [0.29, 0.717) is 16.8 Å². The molecule has 1 heterocycles. The minimum atomic E-state index is -4.07. The molecule has 30 heavy (non-hydrogen) atoms. The summed E-state index contributed by atoms with van der Waals surface area (Å²) in [5.41, 5.74) is 0.231. The summed E-state index contributed by atoms with van der Waals surface area (Å²) < 4.78 is 47.5. The first-order valence-electron chi connectivity index (χ1n) is 9.16. The third-order valence-corrected chi connectivity index (χ3v) is 6.66. The summed E-state index contributed by atoms with van der Waals surface area (Å²) >= 11 is 0. The Hall–Kier alpha value is -3.45. The molecule has 0 bridgehead atoms. The number of halogens is 1. The van der Waals surface area contributed by atoms with Gasteiger partial charge in [0.1, 0.15) is 16.5 Å². The summed E-state index contributed by atoms with van der Waals surface area (Å²) in [6.45, 7) is 0.0626.